The molecule has 2 heterocycles. The molecule has 0 aromatic carbocycles. The molecule has 2 aliphatic rings. The minimum absolute atomic E-state index is 0.421. The molecule has 10 heteroatoms. The van der Waals surface area contributed by atoms with Gasteiger partial charge in [-0.25, -0.2) is 0 Å². The Hall–Kier alpha value is -0.400. The summed E-state index contributed by atoms with van der Waals surface area (Å²) in [5, 5.41) is 48.5. The Morgan fingerprint density at radius 2 is 1.48 bits per heavy atom. The molecule has 0 radical (unpaired) electrons. The summed E-state index contributed by atoms with van der Waals surface area (Å²) in [5.41, 5.74) is 11.6. The fraction of sp³-hybridized carbons (Fsp3) is 1.00. The lowest BCUT2D eigenvalue weighted by Gasteiger charge is -2.46. The third-order valence-electron chi connectivity index (χ3n) is 4.43. The first-order valence-corrected chi connectivity index (χ1v) is 7.55. The van der Waals surface area contributed by atoms with E-state index in [0.29, 0.717) is 0 Å². The van der Waals surface area contributed by atoms with Crippen LogP contribution in [0.5, 0.6) is 0 Å². The van der Waals surface area contributed by atoms with Crippen LogP contribution >= 0.6 is 0 Å². The molecule has 0 amide bonds. The SMILES string of the molecule is C[C@H]1O[C@H](CO)[C@@H](OC2O[C@H](CO)[C@@H](O)[C@H](O)[C@H]2N)[C@H](O)[C@H]1N. The van der Waals surface area contributed by atoms with Gasteiger partial charge >= 0.3 is 0 Å². The maximum absolute atomic E-state index is 10.3. The second-order valence-electron chi connectivity index (χ2n) is 6.01. The Balaban J connectivity index is 2.11. The van der Waals surface area contributed by atoms with E-state index < -0.39 is 74.3 Å². The van der Waals surface area contributed by atoms with Crippen LogP contribution in [0.4, 0.5) is 0 Å². The van der Waals surface area contributed by atoms with Crippen LogP contribution in [0.25, 0.3) is 0 Å². The molecule has 0 aliphatic carbocycles. The molecule has 10 atom stereocenters. The molecule has 2 aliphatic heterocycles. The van der Waals surface area contributed by atoms with Crippen molar-refractivity contribution in [2.75, 3.05) is 13.2 Å². The molecule has 0 bridgehead atoms. The second-order valence-corrected chi connectivity index (χ2v) is 6.01. The number of rotatable bonds is 4. The van der Waals surface area contributed by atoms with Gasteiger partial charge in [0.15, 0.2) is 6.29 Å². The van der Waals surface area contributed by atoms with E-state index in [1.165, 1.54) is 0 Å². The maximum atomic E-state index is 10.3. The highest BCUT2D eigenvalue weighted by Crippen LogP contribution is 2.27. The Labute approximate surface area is 133 Å². The van der Waals surface area contributed by atoms with E-state index in [0.717, 1.165) is 0 Å². The predicted molar refractivity (Wildman–Crippen MR) is 76.0 cm³/mol. The Morgan fingerprint density at radius 1 is 0.870 bits per heavy atom. The summed E-state index contributed by atoms with van der Waals surface area (Å²) >= 11 is 0. The number of aliphatic hydroxyl groups excluding tert-OH is 5. The normalized spacial score (nSPS) is 51.7. The smallest absolute Gasteiger partial charge is 0.176 e. The zero-order chi connectivity index (χ0) is 17.3. The molecule has 2 fully saturated rings. The van der Waals surface area contributed by atoms with E-state index >= 15 is 0 Å². The van der Waals surface area contributed by atoms with E-state index in [2.05, 4.69) is 0 Å². The van der Waals surface area contributed by atoms with Gasteiger partial charge in [0.2, 0.25) is 0 Å². The van der Waals surface area contributed by atoms with E-state index in [1.54, 1.807) is 6.92 Å². The monoisotopic (exact) mass is 338 g/mol. The van der Waals surface area contributed by atoms with Crippen molar-refractivity contribution in [2.24, 2.45) is 11.5 Å². The molecule has 1 unspecified atom stereocenters. The molecule has 0 aromatic heterocycles. The lowest BCUT2D eigenvalue weighted by atomic mass is 9.93. The zero-order valence-corrected chi connectivity index (χ0v) is 12.8. The van der Waals surface area contributed by atoms with Crippen molar-refractivity contribution in [3.8, 4) is 0 Å². The summed E-state index contributed by atoms with van der Waals surface area (Å²) in [7, 11) is 0. The first kappa shape index (κ1) is 18.9. The van der Waals surface area contributed by atoms with Gasteiger partial charge in [0, 0.05) is 0 Å². The van der Waals surface area contributed by atoms with Crippen molar-refractivity contribution in [3.05, 3.63) is 0 Å². The highest BCUT2D eigenvalue weighted by molar-refractivity contribution is 4.96. The zero-order valence-electron chi connectivity index (χ0n) is 12.8. The Morgan fingerprint density at radius 3 is 2.04 bits per heavy atom. The van der Waals surface area contributed by atoms with Crippen molar-refractivity contribution >= 4 is 0 Å². The van der Waals surface area contributed by atoms with Gasteiger partial charge in [-0.05, 0) is 6.92 Å². The summed E-state index contributed by atoms with van der Waals surface area (Å²) < 4.78 is 16.4. The largest absolute Gasteiger partial charge is 0.394 e. The van der Waals surface area contributed by atoms with E-state index in [-0.39, 0.29) is 0 Å². The first-order chi connectivity index (χ1) is 10.8. The van der Waals surface area contributed by atoms with Crippen LogP contribution in [0.15, 0.2) is 0 Å². The molecular formula is C13H26N2O8. The van der Waals surface area contributed by atoms with Gasteiger partial charge in [-0.15, -0.1) is 0 Å². The lowest BCUT2D eigenvalue weighted by Crippen LogP contribution is -2.67. The molecule has 136 valence electrons. The van der Waals surface area contributed by atoms with Crippen LogP contribution < -0.4 is 11.5 Å². The number of aliphatic hydroxyl groups is 5. The van der Waals surface area contributed by atoms with E-state index in [9.17, 15) is 25.5 Å². The van der Waals surface area contributed by atoms with Crippen LogP contribution in [-0.4, -0.2) is 99.8 Å². The predicted octanol–water partition coefficient (Wildman–Crippen LogP) is -4.39. The minimum Gasteiger partial charge on any atom is -0.394 e. The minimum atomic E-state index is -1.38. The fourth-order valence-corrected chi connectivity index (χ4v) is 2.86. The van der Waals surface area contributed by atoms with Crippen molar-refractivity contribution in [1.82, 2.24) is 0 Å². The Bertz CT molecular complexity index is 385. The third kappa shape index (κ3) is 3.66. The second kappa shape index (κ2) is 7.66. The van der Waals surface area contributed by atoms with Crippen molar-refractivity contribution in [3.63, 3.8) is 0 Å². The van der Waals surface area contributed by atoms with E-state index in [1.807, 2.05) is 0 Å². The van der Waals surface area contributed by atoms with Crippen molar-refractivity contribution in [1.29, 1.82) is 0 Å². The summed E-state index contributed by atoms with van der Waals surface area (Å²) in [6.45, 7) is 0.696. The average Bonchev–Trinajstić information content (AvgIpc) is 2.55. The van der Waals surface area contributed by atoms with Gasteiger partial charge in [0.25, 0.3) is 0 Å². The number of hydrogen-bond donors (Lipinski definition) is 7. The number of ether oxygens (including phenoxy) is 3. The molecule has 9 N–H and O–H groups in total. The number of hydrogen-bond acceptors (Lipinski definition) is 10. The standard InChI is InChI=1S/C13H26N2O8/c1-4-7(14)11(20)12(6(3-17)21-4)23-13-8(15)10(19)9(18)5(2-16)22-13/h4-13,16-20H,2-3,14-15H2,1H3/t4-,5-,6-,7+,8-,9-,10-,11-,12-,13?/m1/s1. The molecule has 23 heavy (non-hydrogen) atoms. The average molecular weight is 338 g/mol. The van der Waals surface area contributed by atoms with Gasteiger partial charge in [-0.3, -0.25) is 0 Å². The highest BCUT2D eigenvalue weighted by Gasteiger charge is 2.48. The quantitative estimate of drug-likeness (QED) is 0.264. The highest BCUT2D eigenvalue weighted by atomic mass is 16.7. The van der Waals surface area contributed by atoms with Crippen molar-refractivity contribution < 1.29 is 39.7 Å². The number of nitrogens with two attached hydrogens (primary N) is 2. The molecule has 10 nitrogen and oxygen atoms in total. The topological polar surface area (TPSA) is 181 Å². The van der Waals surface area contributed by atoms with Gasteiger partial charge in [-0.1, -0.05) is 0 Å². The van der Waals surface area contributed by atoms with Crippen LogP contribution in [0, 0.1) is 0 Å². The molecular weight excluding hydrogens is 312 g/mol. The van der Waals surface area contributed by atoms with Gasteiger partial charge in [0.1, 0.15) is 36.6 Å². The molecule has 0 saturated carbocycles. The lowest BCUT2D eigenvalue weighted by molar-refractivity contribution is -0.310. The fourth-order valence-electron chi connectivity index (χ4n) is 2.86. The van der Waals surface area contributed by atoms with E-state index in [4.69, 9.17) is 25.7 Å². The van der Waals surface area contributed by atoms with Crippen molar-refractivity contribution in [2.45, 2.75) is 68.0 Å². The third-order valence-corrected chi connectivity index (χ3v) is 4.43. The van der Waals surface area contributed by atoms with Gasteiger partial charge in [0.05, 0.1) is 31.4 Å². The van der Waals surface area contributed by atoms with Crippen LogP contribution in [0.3, 0.4) is 0 Å². The summed E-state index contributed by atoms with van der Waals surface area (Å²) in [6.07, 6.45) is -8.58. The molecule has 2 rings (SSSR count). The Kier molecular flexibility index (Phi) is 6.30. The first-order valence-electron chi connectivity index (χ1n) is 7.55. The summed E-state index contributed by atoms with van der Waals surface area (Å²) in [6, 6.07) is -1.86. The van der Waals surface area contributed by atoms with Crippen LogP contribution in [0.1, 0.15) is 6.92 Å². The van der Waals surface area contributed by atoms with Gasteiger partial charge in [-0.2, -0.15) is 0 Å². The molecule has 0 spiro atoms. The summed E-state index contributed by atoms with van der Waals surface area (Å²) in [4.78, 5) is 0. The molecule has 0 aromatic rings. The van der Waals surface area contributed by atoms with Gasteiger partial charge < -0.3 is 51.2 Å². The maximum Gasteiger partial charge on any atom is 0.176 e. The molecule has 2 saturated heterocycles. The van der Waals surface area contributed by atoms with Crippen LogP contribution in [-0.2, 0) is 14.2 Å². The summed E-state index contributed by atoms with van der Waals surface area (Å²) in [5.74, 6) is 0. The van der Waals surface area contributed by atoms with Crippen LogP contribution in [0.2, 0.25) is 0 Å².